The largest absolute Gasteiger partial charge is 0.354 e. The third-order valence-electron chi connectivity index (χ3n) is 4.35. The fourth-order valence-corrected chi connectivity index (χ4v) is 2.84. The third-order valence-corrected chi connectivity index (χ3v) is 4.35. The highest BCUT2D eigenvalue weighted by atomic mass is 16.2. The first-order valence-electron chi connectivity index (χ1n) is 7.98. The summed E-state index contributed by atoms with van der Waals surface area (Å²) >= 11 is 0. The van der Waals surface area contributed by atoms with Crippen LogP contribution >= 0.6 is 0 Å². The number of nitrogens with two attached hydrogens (primary N) is 1. The van der Waals surface area contributed by atoms with Crippen molar-refractivity contribution in [3.8, 4) is 0 Å². The van der Waals surface area contributed by atoms with Crippen LogP contribution in [-0.2, 0) is 11.2 Å². The lowest BCUT2D eigenvalue weighted by Gasteiger charge is -2.31. The molecule has 1 aliphatic heterocycles. The molecular weight excluding hydrogens is 262 g/mol. The average Bonchev–Trinajstić information content (AvgIpc) is 2.54. The second-order valence-electron chi connectivity index (χ2n) is 5.92. The van der Waals surface area contributed by atoms with E-state index in [0.717, 1.165) is 31.7 Å². The Kier molecular flexibility index (Phi) is 6.21. The first-order valence-corrected chi connectivity index (χ1v) is 7.98. The molecule has 0 bridgehead atoms. The number of nitrogens with zero attached hydrogens (tertiary/aromatic N) is 1. The molecule has 1 amide bonds. The Morgan fingerprint density at radius 3 is 2.62 bits per heavy atom. The van der Waals surface area contributed by atoms with E-state index >= 15 is 0 Å². The lowest BCUT2D eigenvalue weighted by Crippen LogP contribution is -2.45. The van der Waals surface area contributed by atoms with Gasteiger partial charge in [0, 0.05) is 6.54 Å². The van der Waals surface area contributed by atoms with Crippen LogP contribution in [0.15, 0.2) is 30.3 Å². The SMILES string of the molecule is CCN1CCC(CNC(=O)[C@H](N)Cc2ccccc2)CC1. The van der Waals surface area contributed by atoms with Crippen LogP contribution in [0.3, 0.4) is 0 Å². The van der Waals surface area contributed by atoms with E-state index < -0.39 is 6.04 Å². The summed E-state index contributed by atoms with van der Waals surface area (Å²) in [7, 11) is 0. The van der Waals surface area contributed by atoms with Crippen LogP contribution in [0.25, 0.3) is 0 Å². The topological polar surface area (TPSA) is 58.4 Å². The molecule has 0 aromatic heterocycles. The summed E-state index contributed by atoms with van der Waals surface area (Å²) in [6, 6.07) is 9.48. The Hall–Kier alpha value is -1.39. The van der Waals surface area contributed by atoms with Crippen LogP contribution < -0.4 is 11.1 Å². The van der Waals surface area contributed by atoms with Gasteiger partial charge in [-0.15, -0.1) is 0 Å². The highest BCUT2D eigenvalue weighted by Crippen LogP contribution is 2.15. The molecule has 0 unspecified atom stereocenters. The summed E-state index contributed by atoms with van der Waals surface area (Å²) in [5.41, 5.74) is 7.10. The zero-order valence-corrected chi connectivity index (χ0v) is 12.9. The molecule has 0 aliphatic carbocycles. The maximum absolute atomic E-state index is 12.1. The van der Waals surface area contributed by atoms with Crippen molar-refractivity contribution >= 4 is 5.91 Å². The summed E-state index contributed by atoms with van der Waals surface area (Å²) in [6.07, 6.45) is 2.94. The van der Waals surface area contributed by atoms with Gasteiger partial charge in [-0.2, -0.15) is 0 Å². The van der Waals surface area contributed by atoms with Crippen molar-refractivity contribution in [2.45, 2.75) is 32.2 Å². The second kappa shape index (κ2) is 8.15. The number of nitrogens with one attached hydrogen (secondary N) is 1. The van der Waals surface area contributed by atoms with Crippen molar-refractivity contribution in [2.75, 3.05) is 26.2 Å². The zero-order valence-electron chi connectivity index (χ0n) is 12.9. The maximum atomic E-state index is 12.1. The minimum Gasteiger partial charge on any atom is -0.354 e. The smallest absolute Gasteiger partial charge is 0.237 e. The molecule has 1 aromatic carbocycles. The van der Waals surface area contributed by atoms with Crippen LogP contribution in [0.4, 0.5) is 0 Å². The zero-order chi connectivity index (χ0) is 15.1. The van der Waals surface area contributed by atoms with E-state index in [1.165, 1.54) is 12.8 Å². The standard InChI is InChI=1S/C17H27N3O/c1-2-20-10-8-15(9-11-20)13-19-17(21)16(18)12-14-6-4-3-5-7-14/h3-7,15-16H,2,8-13,18H2,1H3,(H,19,21)/t16-/m1/s1. The van der Waals surface area contributed by atoms with Gasteiger partial charge >= 0.3 is 0 Å². The summed E-state index contributed by atoms with van der Waals surface area (Å²) in [4.78, 5) is 14.5. The van der Waals surface area contributed by atoms with Gasteiger partial charge in [0.15, 0.2) is 0 Å². The van der Waals surface area contributed by atoms with Gasteiger partial charge in [-0.1, -0.05) is 37.3 Å². The fraction of sp³-hybridized carbons (Fsp3) is 0.588. The fourth-order valence-electron chi connectivity index (χ4n) is 2.84. The summed E-state index contributed by atoms with van der Waals surface area (Å²) < 4.78 is 0. The van der Waals surface area contributed by atoms with Crippen molar-refractivity contribution in [3.63, 3.8) is 0 Å². The average molecular weight is 289 g/mol. The summed E-state index contributed by atoms with van der Waals surface area (Å²) in [5, 5.41) is 3.02. The van der Waals surface area contributed by atoms with Crippen LogP contribution in [0.2, 0.25) is 0 Å². The summed E-state index contributed by atoms with van der Waals surface area (Å²) in [6.45, 7) is 6.38. The molecule has 1 saturated heterocycles. The first kappa shape index (κ1) is 16.0. The minimum absolute atomic E-state index is 0.0308. The van der Waals surface area contributed by atoms with Gasteiger partial charge in [0.1, 0.15) is 0 Å². The van der Waals surface area contributed by atoms with Crippen LogP contribution in [-0.4, -0.2) is 43.0 Å². The molecule has 116 valence electrons. The Morgan fingerprint density at radius 2 is 2.00 bits per heavy atom. The molecule has 0 radical (unpaired) electrons. The van der Waals surface area contributed by atoms with E-state index in [1.807, 2.05) is 30.3 Å². The van der Waals surface area contributed by atoms with E-state index in [9.17, 15) is 4.79 Å². The summed E-state index contributed by atoms with van der Waals surface area (Å²) in [5.74, 6) is 0.567. The van der Waals surface area contributed by atoms with Gasteiger partial charge in [-0.3, -0.25) is 4.79 Å². The van der Waals surface area contributed by atoms with Gasteiger partial charge in [-0.05, 0) is 50.4 Å². The molecule has 1 fully saturated rings. The molecule has 1 aromatic rings. The molecule has 0 spiro atoms. The number of rotatable bonds is 6. The van der Waals surface area contributed by atoms with Gasteiger partial charge in [0.2, 0.25) is 5.91 Å². The number of piperidine rings is 1. The second-order valence-corrected chi connectivity index (χ2v) is 5.92. The Balaban J connectivity index is 1.69. The Bertz CT molecular complexity index is 427. The first-order chi connectivity index (χ1) is 10.2. The molecular formula is C17H27N3O. The van der Waals surface area contributed by atoms with Crippen LogP contribution in [0.1, 0.15) is 25.3 Å². The number of benzene rings is 1. The molecule has 4 heteroatoms. The minimum atomic E-state index is -0.455. The molecule has 1 aliphatic rings. The lowest BCUT2D eigenvalue weighted by molar-refractivity contribution is -0.122. The molecule has 0 saturated carbocycles. The van der Waals surface area contributed by atoms with Gasteiger partial charge < -0.3 is 16.0 Å². The van der Waals surface area contributed by atoms with Crippen molar-refractivity contribution in [1.29, 1.82) is 0 Å². The number of amides is 1. The normalized spacial score (nSPS) is 18.4. The third kappa shape index (κ3) is 5.14. The number of hydrogen-bond donors (Lipinski definition) is 2. The number of carbonyl (C=O) groups is 1. The Morgan fingerprint density at radius 1 is 1.33 bits per heavy atom. The van der Waals surface area contributed by atoms with E-state index in [0.29, 0.717) is 12.3 Å². The molecule has 1 atom stereocenters. The number of hydrogen-bond acceptors (Lipinski definition) is 3. The van der Waals surface area contributed by atoms with E-state index in [1.54, 1.807) is 0 Å². The van der Waals surface area contributed by atoms with Crippen molar-refractivity contribution < 1.29 is 4.79 Å². The highest BCUT2D eigenvalue weighted by Gasteiger charge is 2.20. The lowest BCUT2D eigenvalue weighted by atomic mass is 9.96. The molecule has 3 N–H and O–H groups in total. The highest BCUT2D eigenvalue weighted by molar-refractivity contribution is 5.81. The molecule has 4 nitrogen and oxygen atoms in total. The van der Waals surface area contributed by atoms with E-state index in [4.69, 9.17) is 5.73 Å². The van der Waals surface area contributed by atoms with Crippen molar-refractivity contribution in [1.82, 2.24) is 10.2 Å². The van der Waals surface area contributed by atoms with Gasteiger partial charge in [0.05, 0.1) is 6.04 Å². The quantitative estimate of drug-likeness (QED) is 0.832. The molecule has 21 heavy (non-hydrogen) atoms. The van der Waals surface area contributed by atoms with Crippen molar-refractivity contribution in [2.24, 2.45) is 11.7 Å². The monoisotopic (exact) mass is 289 g/mol. The Labute approximate surface area is 127 Å². The van der Waals surface area contributed by atoms with Gasteiger partial charge in [-0.25, -0.2) is 0 Å². The maximum Gasteiger partial charge on any atom is 0.237 e. The van der Waals surface area contributed by atoms with Gasteiger partial charge in [0.25, 0.3) is 0 Å². The van der Waals surface area contributed by atoms with E-state index in [-0.39, 0.29) is 5.91 Å². The number of carbonyl (C=O) groups excluding carboxylic acids is 1. The van der Waals surface area contributed by atoms with Crippen molar-refractivity contribution in [3.05, 3.63) is 35.9 Å². The van der Waals surface area contributed by atoms with E-state index in [2.05, 4.69) is 17.1 Å². The van der Waals surface area contributed by atoms with Crippen LogP contribution in [0, 0.1) is 5.92 Å². The number of likely N-dealkylation sites (tertiary alicyclic amines) is 1. The molecule has 1 heterocycles. The predicted octanol–water partition coefficient (Wildman–Crippen LogP) is 1.40. The molecule has 2 rings (SSSR count). The van der Waals surface area contributed by atoms with Crippen LogP contribution in [0.5, 0.6) is 0 Å². The predicted molar refractivity (Wildman–Crippen MR) is 86.0 cm³/mol.